The molecule has 0 radical (unpaired) electrons. The van der Waals surface area contributed by atoms with Crippen LogP contribution < -0.4 is 4.90 Å². The van der Waals surface area contributed by atoms with Crippen molar-refractivity contribution in [2.24, 2.45) is 0 Å². The van der Waals surface area contributed by atoms with Gasteiger partial charge in [0, 0.05) is 23.7 Å². The van der Waals surface area contributed by atoms with Crippen LogP contribution in [-0.2, 0) is 24.1 Å². The Morgan fingerprint density at radius 2 is 1.89 bits per heavy atom. The molecule has 0 fully saturated rings. The van der Waals surface area contributed by atoms with Crippen LogP contribution in [0.5, 0.6) is 0 Å². The van der Waals surface area contributed by atoms with Gasteiger partial charge in [-0.1, -0.05) is 23.7 Å². The zero-order valence-electron chi connectivity index (χ0n) is 20.7. The number of carboxylic acid groups (broad SMARTS) is 1. The molecule has 0 saturated heterocycles. The SMILES string of the molecule is CC(C)(C)OC(=O)N1CCc2ccc(N3CCc4c(C(=O)O)nn(-c5cccc(Cl)c5)c4C3=O)nc2C1. The molecule has 11 heteroatoms. The van der Waals surface area contributed by atoms with Crippen LogP contribution in [0.4, 0.5) is 10.6 Å². The predicted octanol–water partition coefficient (Wildman–Crippen LogP) is 4.12. The first kappa shape index (κ1) is 24.8. The van der Waals surface area contributed by atoms with Gasteiger partial charge in [0.1, 0.15) is 17.1 Å². The third-order valence-electron chi connectivity index (χ3n) is 6.25. The van der Waals surface area contributed by atoms with Crippen molar-refractivity contribution in [1.29, 1.82) is 0 Å². The van der Waals surface area contributed by atoms with Gasteiger partial charge in [0.05, 0.1) is 17.9 Å². The molecule has 2 amide bonds. The van der Waals surface area contributed by atoms with Gasteiger partial charge in [-0.2, -0.15) is 5.10 Å². The summed E-state index contributed by atoms with van der Waals surface area (Å²) in [6, 6.07) is 10.4. The maximum atomic E-state index is 13.7. The number of hydrogen-bond acceptors (Lipinski definition) is 6. The number of pyridine rings is 1. The summed E-state index contributed by atoms with van der Waals surface area (Å²) >= 11 is 6.15. The monoisotopic (exact) mass is 523 g/mol. The molecule has 1 N–H and O–H groups in total. The molecule has 2 aromatic heterocycles. The van der Waals surface area contributed by atoms with Crippen molar-refractivity contribution in [3.63, 3.8) is 0 Å². The third kappa shape index (κ3) is 4.76. The highest BCUT2D eigenvalue weighted by Crippen LogP contribution is 2.30. The molecule has 37 heavy (non-hydrogen) atoms. The number of amides is 2. The second kappa shape index (κ2) is 9.19. The second-order valence-corrected chi connectivity index (χ2v) is 10.4. The molecule has 2 aliphatic heterocycles. The molecule has 0 unspecified atom stereocenters. The van der Waals surface area contributed by atoms with Gasteiger partial charge in [0.2, 0.25) is 0 Å². The number of anilines is 1. The lowest BCUT2D eigenvalue weighted by Gasteiger charge is -2.32. The van der Waals surface area contributed by atoms with Gasteiger partial charge in [-0.05, 0) is 63.4 Å². The molecule has 1 aromatic carbocycles. The number of carbonyl (C=O) groups is 3. The molecule has 10 nitrogen and oxygen atoms in total. The molecular weight excluding hydrogens is 498 g/mol. The first-order valence-electron chi connectivity index (χ1n) is 11.9. The highest BCUT2D eigenvalue weighted by Gasteiger charge is 2.36. The molecule has 0 aliphatic carbocycles. The van der Waals surface area contributed by atoms with E-state index in [0.29, 0.717) is 47.2 Å². The van der Waals surface area contributed by atoms with E-state index in [1.54, 1.807) is 35.2 Å². The van der Waals surface area contributed by atoms with Crippen LogP contribution in [0, 0.1) is 0 Å². The van der Waals surface area contributed by atoms with Gasteiger partial charge >= 0.3 is 12.1 Å². The van der Waals surface area contributed by atoms with Gasteiger partial charge < -0.3 is 14.7 Å². The average Bonchev–Trinajstić information content (AvgIpc) is 3.23. The van der Waals surface area contributed by atoms with E-state index in [2.05, 4.69) is 5.10 Å². The van der Waals surface area contributed by atoms with Gasteiger partial charge in [-0.3, -0.25) is 9.69 Å². The van der Waals surface area contributed by atoms with Crippen molar-refractivity contribution in [3.8, 4) is 5.69 Å². The molecule has 2 aliphatic rings. The number of ether oxygens (including phenoxy) is 1. The van der Waals surface area contributed by atoms with Crippen molar-refractivity contribution in [1.82, 2.24) is 19.7 Å². The number of aromatic carboxylic acids is 1. The minimum atomic E-state index is -1.20. The number of benzene rings is 1. The molecule has 192 valence electrons. The molecule has 0 spiro atoms. The van der Waals surface area contributed by atoms with Gasteiger partial charge in [0.15, 0.2) is 5.69 Å². The molecule has 0 atom stereocenters. The summed E-state index contributed by atoms with van der Waals surface area (Å²) < 4.78 is 6.84. The summed E-state index contributed by atoms with van der Waals surface area (Å²) in [5.41, 5.74) is 1.97. The lowest BCUT2D eigenvalue weighted by molar-refractivity contribution is 0.0220. The van der Waals surface area contributed by atoms with E-state index in [-0.39, 0.29) is 24.5 Å². The molecule has 4 heterocycles. The lowest BCUT2D eigenvalue weighted by Crippen LogP contribution is -2.41. The normalized spacial score (nSPS) is 15.3. The Bertz CT molecular complexity index is 1430. The van der Waals surface area contributed by atoms with Crippen molar-refractivity contribution < 1.29 is 24.2 Å². The first-order chi connectivity index (χ1) is 17.5. The van der Waals surface area contributed by atoms with Crippen LogP contribution in [0.1, 0.15) is 58.6 Å². The highest BCUT2D eigenvalue weighted by molar-refractivity contribution is 6.30. The largest absolute Gasteiger partial charge is 0.476 e. The van der Waals surface area contributed by atoms with Crippen LogP contribution in [0.3, 0.4) is 0 Å². The van der Waals surface area contributed by atoms with E-state index in [0.717, 1.165) is 5.56 Å². The molecular formula is C26H26ClN5O5. The van der Waals surface area contributed by atoms with Crippen LogP contribution in [0.15, 0.2) is 36.4 Å². The van der Waals surface area contributed by atoms with Crippen molar-refractivity contribution in [3.05, 3.63) is 69.6 Å². The molecule has 3 aromatic rings. The third-order valence-corrected chi connectivity index (χ3v) is 6.48. The molecule has 0 saturated carbocycles. The number of rotatable bonds is 3. The number of aromatic nitrogens is 3. The summed E-state index contributed by atoms with van der Waals surface area (Å²) in [5.74, 6) is -1.18. The topological polar surface area (TPSA) is 118 Å². The van der Waals surface area contributed by atoms with Crippen LogP contribution in [0.2, 0.25) is 5.02 Å². The van der Waals surface area contributed by atoms with Gasteiger partial charge in [-0.15, -0.1) is 0 Å². The maximum absolute atomic E-state index is 13.7. The van der Waals surface area contributed by atoms with E-state index in [9.17, 15) is 19.5 Å². The Balaban J connectivity index is 1.48. The lowest BCUT2D eigenvalue weighted by atomic mass is 10.0. The molecule has 5 rings (SSSR count). The zero-order valence-corrected chi connectivity index (χ0v) is 21.4. The number of hydrogen-bond donors (Lipinski definition) is 1. The fourth-order valence-electron chi connectivity index (χ4n) is 4.58. The summed E-state index contributed by atoms with van der Waals surface area (Å²) in [6.45, 7) is 6.49. The predicted molar refractivity (Wildman–Crippen MR) is 135 cm³/mol. The number of nitrogens with zero attached hydrogens (tertiary/aromatic N) is 5. The number of carbonyl (C=O) groups excluding carboxylic acids is 2. The van der Waals surface area contributed by atoms with E-state index >= 15 is 0 Å². The van der Waals surface area contributed by atoms with Crippen LogP contribution in [0.25, 0.3) is 5.69 Å². The van der Waals surface area contributed by atoms with Crippen LogP contribution in [-0.4, -0.2) is 61.4 Å². The highest BCUT2D eigenvalue weighted by atomic mass is 35.5. The average molecular weight is 524 g/mol. The summed E-state index contributed by atoms with van der Waals surface area (Å²) in [6.07, 6.45) is 0.519. The summed E-state index contributed by atoms with van der Waals surface area (Å²) in [7, 11) is 0. The van der Waals surface area contributed by atoms with E-state index in [1.807, 2.05) is 26.8 Å². The Labute approximate surface area is 218 Å². The standard InChI is InChI=1S/C26H26ClN5O5/c1-26(2,3)37-25(36)30-11-9-15-7-8-20(28-19(15)14-30)31-12-10-18-21(24(34)35)29-32(22(18)23(31)33)17-6-4-5-16(27)13-17/h4-8,13H,9-12,14H2,1-3H3,(H,34,35). The Morgan fingerprint density at radius 1 is 1.11 bits per heavy atom. The van der Waals surface area contributed by atoms with E-state index < -0.39 is 23.6 Å². The van der Waals surface area contributed by atoms with Gasteiger partial charge in [-0.25, -0.2) is 19.3 Å². The quantitative estimate of drug-likeness (QED) is 0.548. The van der Waals surface area contributed by atoms with Crippen molar-refractivity contribution in [2.75, 3.05) is 18.0 Å². The van der Waals surface area contributed by atoms with E-state index in [1.165, 1.54) is 9.58 Å². The van der Waals surface area contributed by atoms with Crippen molar-refractivity contribution in [2.45, 2.75) is 45.8 Å². The van der Waals surface area contributed by atoms with Crippen molar-refractivity contribution >= 4 is 35.4 Å². The number of halogens is 1. The number of carboxylic acids is 1. The molecule has 0 bridgehead atoms. The second-order valence-electron chi connectivity index (χ2n) is 10.0. The minimum Gasteiger partial charge on any atom is -0.476 e. The number of fused-ring (bicyclic) bond motifs is 2. The fourth-order valence-corrected chi connectivity index (χ4v) is 4.76. The van der Waals surface area contributed by atoms with Crippen LogP contribution >= 0.6 is 11.6 Å². The van der Waals surface area contributed by atoms with E-state index in [4.69, 9.17) is 21.3 Å². The minimum absolute atomic E-state index is 0.158. The summed E-state index contributed by atoms with van der Waals surface area (Å²) in [5, 5.41) is 14.4. The summed E-state index contributed by atoms with van der Waals surface area (Å²) in [4.78, 5) is 46.1. The maximum Gasteiger partial charge on any atom is 0.410 e. The Hall–Kier alpha value is -3.92. The Kier molecular flexibility index (Phi) is 6.15. The first-order valence-corrected chi connectivity index (χ1v) is 12.3. The zero-order chi connectivity index (χ0) is 26.5. The Morgan fingerprint density at radius 3 is 2.59 bits per heavy atom. The fraction of sp³-hybridized carbons (Fsp3) is 0.346. The van der Waals surface area contributed by atoms with Gasteiger partial charge in [0.25, 0.3) is 5.91 Å². The smallest absolute Gasteiger partial charge is 0.410 e.